The van der Waals surface area contributed by atoms with Crippen molar-refractivity contribution in [2.75, 3.05) is 0 Å². The zero-order valence-corrected chi connectivity index (χ0v) is 10.8. The quantitative estimate of drug-likeness (QED) is 0.896. The Morgan fingerprint density at radius 1 is 1.44 bits per heavy atom. The Morgan fingerprint density at radius 2 is 2.17 bits per heavy atom. The summed E-state index contributed by atoms with van der Waals surface area (Å²) in [4.78, 5) is 10.9. The van der Waals surface area contributed by atoms with Gasteiger partial charge in [0.25, 0.3) is 5.91 Å². The number of amides is 1. The Morgan fingerprint density at radius 3 is 2.72 bits per heavy atom. The van der Waals surface area contributed by atoms with E-state index in [1.54, 1.807) is 12.1 Å². The molecule has 0 bridgehead atoms. The molecule has 0 atom stereocenters. The highest BCUT2D eigenvalue weighted by Gasteiger charge is 2.14. The van der Waals surface area contributed by atoms with Crippen LogP contribution in [0.25, 0.3) is 5.69 Å². The maximum Gasteiger partial charge on any atom is 0.269 e. The van der Waals surface area contributed by atoms with Crippen LogP contribution in [0.2, 0.25) is 0 Å². The van der Waals surface area contributed by atoms with Gasteiger partial charge >= 0.3 is 0 Å². The smallest absolute Gasteiger partial charge is 0.269 e. The van der Waals surface area contributed by atoms with E-state index in [0.29, 0.717) is 10.0 Å². The minimum atomic E-state index is -0.660. The van der Waals surface area contributed by atoms with Crippen LogP contribution in [0.4, 0.5) is 4.39 Å². The van der Waals surface area contributed by atoms with E-state index >= 15 is 0 Å². The Kier molecular flexibility index (Phi) is 3.44. The summed E-state index contributed by atoms with van der Waals surface area (Å²) in [5.74, 6) is -1.15. The van der Waals surface area contributed by atoms with Crippen molar-refractivity contribution in [3.63, 3.8) is 0 Å². The van der Waals surface area contributed by atoms with Crippen molar-refractivity contribution in [1.29, 1.82) is 0 Å². The van der Waals surface area contributed by atoms with Gasteiger partial charge in [-0.05, 0) is 33.6 Å². The van der Waals surface area contributed by atoms with E-state index in [4.69, 9.17) is 11.5 Å². The van der Waals surface area contributed by atoms with Crippen molar-refractivity contribution in [1.82, 2.24) is 9.78 Å². The second-order valence-electron chi connectivity index (χ2n) is 3.59. The molecule has 0 spiro atoms. The molecule has 94 valence electrons. The average molecular weight is 313 g/mol. The number of nitrogens with two attached hydrogens (primary N) is 2. The molecule has 0 radical (unpaired) electrons. The number of halogens is 2. The lowest BCUT2D eigenvalue weighted by Crippen LogP contribution is -2.12. The van der Waals surface area contributed by atoms with Gasteiger partial charge in [-0.3, -0.25) is 4.79 Å². The molecule has 2 rings (SSSR count). The molecule has 0 aliphatic carbocycles. The van der Waals surface area contributed by atoms with Crippen LogP contribution in [-0.2, 0) is 6.54 Å². The van der Waals surface area contributed by atoms with Gasteiger partial charge in [0, 0.05) is 12.7 Å². The summed E-state index contributed by atoms with van der Waals surface area (Å²) in [6.45, 7) is 0.226. The van der Waals surface area contributed by atoms with Gasteiger partial charge in [0.15, 0.2) is 5.82 Å². The summed E-state index contributed by atoms with van der Waals surface area (Å²) in [6.07, 6.45) is 1.47. The number of hydrogen-bond donors (Lipinski definition) is 2. The van der Waals surface area contributed by atoms with E-state index in [1.807, 2.05) is 0 Å². The molecule has 4 N–H and O–H groups in total. The molecule has 2 aromatic rings. The first-order valence-corrected chi connectivity index (χ1v) is 5.86. The van der Waals surface area contributed by atoms with Crippen molar-refractivity contribution in [3.8, 4) is 5.69 Å². The molecule has 1 aromatic carbocycles. The fraction of sp³-hybridized carbons (Fsp3) is 0.0909. The predicted molar refractivity (Wildman–Crippen MR) is 67.6 cm³/mol. The van der Waals surface area contributed by atoms with Crippen molar-refractivity contribution in [2.45, 2.75) is 6.54 Å². The molecular formula is C11H10BrFN4O. The highest BCUT2D eigenvalue weighted by Crippen LogP contribution is 2.25. The number of nitrogens with zero attached hydrogens (tertiary/aromatic N) is 2. The van der Waals surface area contributed by atoms with Crippen LogP contribution < -0.4 is 11.5 Å². The average Bonchev–Trinajstić information content (AvgIpc) is 2.82. The van der Waals surface area contributed by atoms with Gasteiger partial charge < -0.3 is 11.5 Å². The van der Waals surface area contributed by atoms with E-state index in [0.717, 1.165) is 0 Å². The van der Waals surface area contributed by atoms with Crippen molar-refractivity contribution >= 4 is 21.8 Å². The highest BCUT2D eigenvalue weighted by atomic mass is 79.9. The van der Waals surface area contributed by atoms with E-state index in [1.165, 1.54) is 16.9 Å². The maximum atomic E-state index is 14.1. The van der Waals surface area contributed by atoms with Gasteiger partial charge in [0.2, 0.25) is 0 Å². The molecule has 0 unspecified atom stereocenters. The first-order chi connectivity index (χ1) is 8.54. The number of hydrogen-bond acceptors (Lipinski definition) is 3. The van der Waals surface area contributed by atoms with E-state index in [9.17, 15) is 9.18 Å². The Labute approximate surface area is 111 Å². The van der Waals surface area contributed by atoms with Gasteiger partial charge in [-0.2, -0.15) is 5.10 Å². The Bertz CT molecular complexity index is 611. The topological polar surface area (TPSA) is 86.9 Å². The van der Waals surface area contributed by atoms with Crippen LogP contribution in [0.5, 0.6) is 0 Å². The van der Waals surface area contributed by atoms with Crippen LogP contribution in [0.15, 0.2) is 28.9 Å². The fourth-order valence-electron chi connectivity index (χ4n) is 1.50. The third kappa shape index (κ3) is 2.14. The number of carbonyl (C=O) groups excluding carboxylic acids is 1. The predicted octanol–water partition coefficient (Wildman–Crippen LogP) is 1.33. The minimum Gasteiger partial charge on any atom is -0.364 e. The van der Waals surface area contributed by atoms with E-state index in [-0.39, 0.29) is 17.9 Å². The molecule has 0 saturated heterocycles. The van der Waals surface area contributed by atoms with Crippen molar-refractivity contribution < 1.29 is 9.18 Å². The van der Waals surface area contributed by atoms with Crippen molar-refractivity contribution in [3.05, 3.63) is 45.9 Å². The molecule has 5 nitrogen and oxygen atoms in total. The summed E-state index contributed by atoms with van der Waals surface area (Å²) in [6, 6.07) is 4.65. The summed E-state index contributed by atoms with van der Waals surface area (Å²) >= 11 is 3.14. The lowest BCUT2D eigenvalue weighted by Gasteiger charge is -2.08. The van der Waals surface area contributed by atoms with E-state index < -0.39 is 11.7 Å². The number of primary amides is 1. The fourth-order valence-corrected chi connectivity index (χ4v) is 2.00. The monoisotopic (exact) mass is 312 g/mol. The zero-order chi connectivity index (χ0) is 13.3. The molecule has 1 amide bonds. The molecule has 0 fully saturated rings. The maximum absolute atomic E-state index is 14.1. The molecule has 1 aromatic heterocycles. The second kappa shape index (κ2) is 4.87. The molecule has 0 aliphatic rings. The molecular weight excluding hydrogens is 303 g/mol. The largest absolute Gasteiger partial charge is 0.364 e. The zero-order valence-electron chi connectivity index (χ0n) is 9.23. The van der Waals surface area contributed by atoms with Gasteiger partial charge in [0.05, 0.1) is 4.47 Å². The van der Waals surface area contributed by atoms with Crippen LogP contribution in [-0.4, -0.2) is 15.7 Å². The summed E-state index contributed by atoms with van der Waals surface area (Å²) < 4.78 is 15.6. The third-order valence-corrected chi connectivity index (χ3v) is 3.31. The molecule has 0 saturated carbocycles. The second-order valence-corrected chi connectivity index (χ2v) is 4.38. The first-order valence-electron chi connectivity index (χ1n) is 5.07. The molecule has 1 heterocycles. The SMILES string of the molecule is NCc1ccc(-n2ccc(C(N)=O)n2)c(F)c1Br. The highest BCUT2D eigenvalue weighted by molar-refractivity contribution is 9.10. The number of rotatable bonds is 3. The Hall–Kier alpha value is -1.73. The summed E-state index contributed by atoms with van der Waals surface area (Å²) in [5.41, 5.74) is 11.5. The minimum absolute atomic E-state index is 0.0772. The third-order valence-electron chi connectivity index (χ3n) is 2.45. The van der Waals surface area contributed by atoms with Crippen molar-refractivity contribution in [2.24, 2.45) is 11.5 Å². The summed E-state index contributed by atoms with van der Waals surface area (Å²) in [7, 11) is 0. The van der Waals surface area contributed by atoms with Crippen LogP contribution in [0.1, 0.15) is 16.1 Å². The summed E-state index contributed by atoms with van der Waals surface area (Å²) in [5, 5.41) is 3.89. The van der Waals surface area contributed by atoms with Crippen LogP contribution in [0, 0.1) is 5.82 Å². The lowest BCUT2D eigenvalue weighted by atomic mass is 10.2. The van der Waals surface area contributed by atoms with Gasteiger partial charge in [-0.1, -0.05) is 6.07 Å². The Balaban J connectivity index is 2.50. The number of benzene rings is 1. The number of carbonyl (C=O) groups is 1. The van der Waals surface area contributed by atoms with E-state index in [2.05, 4.69) is 21.0 Å². The van der Waals surface area contributed by atoms with Crippen LogP contribution >= 0.6 is 15.9 Å². The standard InChI is InChI=1S/C11H10BrFN4O/c12-9-6(5-14)1-2-8(10(9)13)17-4-3-7(16-17)11(15)18/h1-4H,5,14H2,(H2,15,18). The first kappa shape index (κ1) is 12.7. The van der Waals surface area contributed by atoms with Crippen LogP contribution in [0.3, 0.4) is 0 Å². The number of aromatic nitrogens is 2. The van der Waals surface area contributed by atoms with Gasteiger partial charge in [0.1, 0.15) is 11.4 Å². The lowest BCUT2D eigenvalue weighted by molar-refractivity contribution is 0.0995. The normalized spacial score (nSPS) is 10.6. The van der Waals surface area contributed by atoms with Gasteiger partial charge in [-0.15, -0.1) is 0 Å². The molecule has 0 aliphatic heterocycles. The molecule has 18 heavy (non-hydrogen) atoms. The van der Waals surface area contributed by atoms with Gasteiger partial charge in [-0.25, -0.2) is 9.07 Å². The molecule has 7 heteroatoms.